The molecule has 0 saturated heterocycles. The Kier molecular flexibility index (Phi) is 3.46. The summed E-state index contributed by atoms with van der Waals surface area (Å²) in [5.41, 5.74) is 5.48. The van der Waals surface area contributed by atoms with E-state index in [9.17, 15) is 13.2 Å². The Balaban J connectivity index is 2.31. The van der Waals surface area contributed by atoms with Crippen LogP contribution < -0.4 is 10.5 Å². The van der Waals surface area contributed by atoms with Gasteiger partial charge in [0.15, 0.2) is 0 Å². The zero-order valence-electron chi connectivity index (χ0n) is 7.64. The lowest BCUT2D eigenvalue weighted by molar-refractivity contribution is -0.136. The maximum absolute atomic E-state index is 11.2. The van der Waals surface area contributed by atoms with Crippen LogP contribution in [0, 0.1) is 0 Å². The summed E-state index contributed by atoms with van der Waals surface area (Å²) in [5.74, 6) is -1.48. The van der Waals surface area contributed by atoms with Gasteiger partial charge >= 0.3 is 5.97 Å². The third-order valence-electron chi connectivity index (χ3n) is 2.11. The predicted molar refractivity (Wildman–Crippen MR) is 50.2 cm³/mol. The van der Waals surface area contributed by atoms with E-state index in [0.717, 1.165) is 0 Å². The molecular formula is C7H14N2O4S. The summed E-state index contributed by atoms with van der Waals surface area (Å²) in [6, 6.07) is -0.0361. The molecule has 0 aromatic carbocycles. The molecule has 0 aromatic heterocycles. The number of rotatable bonds is 5. The van der Waals surface area contributed by atoms with Crippen LogP contribution in [0.3, 0.4) is 0 Å². The largest absolute Gasteiger partial charge is 0.481 e. The van der Waals surface area contributed by atoms with Gasteiger partial charge in [0.2, 0.25) is 10.0 Å². The zero-order chi connectivity index (χ0) is 10.8. The lowest BCUT2D eigenvalue weighted by atomic mass is 9.89. The van der Waals surface area contributed by atoms with Gasteiger partial charge in [-0.15, -0.1) is 0 Å². The van der Waals surface area contributed by atoms with Gasteiger partial charge in [-0.1, -0.05) is 0 Å². The van der Waals surface area contributed by atoms with Gasteiger partial charge in [-0.05, 0) is 12.8 Å². The van der Waals surface area contributed by atoms with Crippen LogP contribution in [0.15, 0.2) is 0 Å². The average Bonchev–Trinajstić information content (AvgIpc) is 1.98. The second-order valence-electron chi connectivity index (χ2n) is 3.51. The second kappa shape index (κ2) is 4.24. The third-order valence-corrected chi connectivity index (χ3v) is 3.54. The molecule has 1 aliphatic rings. The quantitative estimate of drug-likeness (QED) is 0.545. The smallest absolute Gasteiger partial charge is 0.304 e. The van der Waals surface area contributed by atoms with Gasteiger partial charge in [0.1, 0.15) is 0 Å². The maximum Gasteiger partial charge on any atom is 0.304 e. The van der Waals surface area contributed by atoms with E-state index in [0.29, 0.717) is 12.8 Å². The predicted octanol–water partition coefficient (Wildman–Crippen LogP) is -1.13. The first-order valence-electron chi connectivity index (χ1n) is 4.36. The number of hydrogen-bond acceptors (Lipinski definition) is 4. The highest BCUT2D eigenvalue weighted by Gasteiger charge is 2.29. The molecule has 0 spiro atoms. The van der Waals surface area contributed by atoms with Gasteiger partial charge in [-0.25, -0.2) is 13.1 Å². The van der Waals surface area contributed by atoms with Crippen molar-refractivity contribution in [2.75, 3.05) is 5.75 Å². The number of nitrogens with one attached hydrogen (secondary N) is 1. The van der Waals surface area contributed by atoms with Crippen LogP contribution in [0.4, 0.5) is 0 Å². The monoisotopic (exact) mass is 222 g/mol. The molecule has 0 radical (unpaired) electrons. The molecule has 14 heavy (non-hydrogen) atoms. The van der Waals surface area contributed by atoms with E-state index in [4.69, 9.17) is 10.8 Å². The Morgan fingerprint density at radius 2 is 2.07 bits per heavy atom. The Morgan fingerprint density at radius 1 is 1.50 bits per heavy atom. The first kappa shape index (κ1) is 11.4. The lowest BCUT2D eigenvalue weighted by Gasteiger charge is -2.32. The van der Waals surface area contributed by atoms with E-state index in [1.807, 2.05) is 0 Å². The molecule has 0 aliphatic heterocycles. The molecule has 0 atom stereocenters. The lowest BCUT2D eigenvalue weighted by Crippen LogP contribution is -2.50. The van der Waals surface area contributed by atoms with Crippen molar-refractivity contribution >= 4 is 16.0 Å². The Morgan fingerprint density at radius 3 is 2.50 bits per heavy atom. The Labute approximate surface area is 82.5 Å². The van der Waals surface area contributed by atoms with Crippen LogP contribution in [0.2, 0.25) is 0 Å². The van der Waals surface area contributed by atoms with E-state index in [1.54, 1.807) is 0 Å². The number of carboxylic acids is 1. The van der Waals surface area contributed by atoms with Crippen molar-refractivity contribution in [2.24, 2.45) is 5.73 Å². The fourth-order valence-electron chi connectivity index (χ4n) is 1.29. The maximum atomic E-state index is 11.2. The van der Waals surface area contributed by atoms with Crippen molar-refractivity contribution in [1.82, 2.24) is 4.72 Å². The number of carboxylic acid groups (broad SMARTS) is 1. The van der Waals surface area contributed by atoms with E-state index in [2.05, 4.69) is 4.72 Å². The van der Waals surface area contributed by atoms with E-state index < -0.39 is 16.0 Å². The van der Waals surface area contributed by atoms with Crippen LogP contribution in [0.25, 0.3) is 0 Å². The molecule has 82 valence electrons. The number of nitrogens with two attached hydrogens (primary N) is 1. The molecule has 0 unspecified atom stereocenters. The Bertz CT molecular complexity index is 308. The van der Waals surface area contributed by atoms with Crippen molar-refractivity contribution in [3.8, 4) is 0 Å². The van der Waals surface area contributed by atoms with Crippen LogP contribution >= 0.6 is 0 Å². The van der Waals surface area contributed by atoms with Crippen molar-refractivity contribution in [3.05, 3.63) is 0 Å². The molecule has 0 aromatic rings. The second-order valence-corrected chi connectivity index (χ2v) is 5.38. The number of aliphatic carboxylic acids is 1. The minimum Gasteiger partial charge on any atom is -0.481 e. The van der Waals surface area contributed by atoms with Gasteiger partial charge in [0.25, 0.3) is 0 Å². The molecular weight excluding hydrogens is 208 g/mol. The summed E-state index contributed by atoms with van der Waals surface area (Å²) < 4.78 is 24.9. The molecule has 1 rings (SSSR count). The fourth-order valence-corrected chi connectivity index (χ4v) is 2.55. The third kappa shape index (κ3) is 3.60. The summed E-state index contributed by atoms with van der Waals surface area (Å²) in [7, 11) is -3.45. The van der Waals surface area contributed by atoms with E-state index >= 15 is 0 Å². The zero-order valence-corrected chi connectivity index (χ0v) is 8.46. The number of sulfonamides is 1. The molecule has 0 heterocycles. The van der Waals surface area contributed by atoms with Gasteiger partial charge in [0, 0.05) is 12.1 Å². The van der Waals surface area contributed by atoms with Crippen molar-refractivity contribution in [1.29, 1.82) is 0 Å². The van der Waals surface area contributed by atoms with E-state index in [-0.39, 0.29) is 24.3 Å². The van der Waals surface area contributed by atoms with Crippen molar-refractivity contribution in [3.63, 3.8) is 0 Å². The first-order chi connectivity index (χ1) is 6.39. The summed E-state index contributed by atoms with van der Waals surface area (Å²) >= 11 is 0. The van der Waals surface area contributed by atoms with Crippen LogP contribution in [-0.4, -0.2) is 37.3 Å². The first-order valence-corrected chi connectivity index (χ1v) is 6.01. The fraction of sp³-hybridized carbons (Fsp3) is 0.857. The highest BCUT2D eigenvalue weighted by atomic mass is 32.2. The number of carbonyl (C=O) groups is 1. The molecule has 0 bridgehead atoms. The van der Waals surface area contributed by atoms with Gasteiger partial charge in [-0.2, -0.15) is 0 Å². The molecule has 1 saturated carbocycles. The van der Waals surface area contributed by atoms with E-state index in [1.165, 1.54) is 0 Å². The summed E-state index contributed by atoms with van der Waals surface area (Å²) in [6.07, 6.45) is 0.896. The summed E-state index contributed by atoms with van der Waals surface area (Å²) in [4.78, 5) is 10.2. The standard InChI is InChI=1S/C7H14N2O4S/c8-5-3-6(4-5)9-14(12,13)2-1-7(10)11/h5-6,9H,1-4,8H2,(H,10,11). The SMILES string of the molecule is NC1CC(NS(=O)(=O)CCC(=O)O)C1. The Hall–Kier alpha value is -0.660. The minimum absolute atomic E-state index is 0.0715. The van der Waals surface area contributed by atoms with Gasteiger partial charge < -0.3 is 10.8 Å². The van der Waals surface area contributed by atoms with Gasteiger partial charge in [0.05, 0.1) is 12.2 Å². The van der Waals surface area contributed by atoms with Gasteiger partial charge in [-0.3, -0.25) is 4.79 Å². The van der Waals surface area contributed by atoms with Crippen molar-refractivity contribution < 1.29 is 18.3 Å². The summed E-state index contributed by atoms with van der Waals surface area (Å²) in [5, 5.41) is 8.31. The summed E-state index contributed by atoms with van der Waals surface area (Å²) in [6.45, 7) is 0. The van der Waals surface area contributed by atoms with Crippen LogP contribution in [-0.2, 0) is 14.8 Å². The molecule has 4 N–H and O–H groups in total. The average molecular weight is 222 g/mol. The molecule has 1 fully saturated rings. The van der Waals surface area contributed by atoms with Crippen molar-refractivity contribution in [2.45, 2.75) is 31.3 Å². The topological polar surface area (TPSA) is 109 Å². The number of hydrogen-bond donors (Lipinski definition) is 3. The van der Waals surface area contributed by atoms with Crippen LogP contribution in [0.1, 0.15) is 19.3 Å². The molecule has 6 nitrogen and oxygen atoms in total. The minimum atomic E-state index is -3.45. The normalized spacial score (nSPS) is 26.9. The molecule has 0 amide bonds. The molecule has 7 heteroatoms. The molecule has 1 aliphatic carbocycles. The highest BCUT2D eigenvalue weighted by Crippen LogP contribution is 2.18. The van der Waals surface area contributed by atoms with Crippen LogP contribution in [0.5, 0.6) is 0 Å². The highest BCUT2D eigenvalue weighted by molar-refractivity contribution is 7.89.